The third-order valence-corrected chi connectivity index (χ3v) is 2.48. The topological polar surface area (TPSA) is 49.3 Å². The fraction of sp³-hybridized carbons (Fsp3) is 0.909. The molecule has 0 heterocycles. The summed E-state index contributed by atoms with van der Waals surface area (Å²) in [5.41, 5.74) is -0.226. The van der Waals surface area contributed by atoms with Crippen molar-refractivity contribution in [1.29, 1.82) is 0 Å². The first-order valence-corrected chi connectivity index (χ1v) is 5.51. The number of nitrogens with one attached hydrogen (secondary N) is 1. The quantitative estimate of drug-likeness (QED) is 0.593. The maximum Gasteiger partial charge on any atom is 0.305 e. The van der Waals surface area contributed by atoms with E-state index >= 15 is 0 Å². The van der Waals surface area contributed by atoms with Crippen LogP contribution in [0, 0.1) is 0 Å². The molecule has 2 N–H and O–H groups in total. The van der Waals surface area contributed by atoms with Crippen molar-refractivity contribution in [3.63, 3.8) is 0 Å². The average molecular weight is 201 g/mol. The van der Waals surface area contributed by atoms with E-state index in [1.807, 2.05) is 13.8 Å². The van der Waals surface area contributed by atoms with E-state index in [0.717, 1.165) is 19.4 Å². The van der Waals surface area contributed by atoms with Gasteiger partial charge in [-0.05, 0) is 19.9 Å². The van der Waals surface area contributed by atoms with Gasteiger partial charge in [0.1, 0.15) is 0 Å². The number of hydrogen-bond acceptors (Lipinski definition) is 2. The third kappa shape index (κ3) is 5.97. The van der Waals surface area contributed by atoms with Crippen LogP contribution in [0.3, 0.4) is 0 Å². The molecule has 0 aliphatic heterocycles. The van der Waals surface area contributed by atoms with Crippen molar-refractivity contribution in [1.82, 2.24) is 5.32 Å². The van der Waals surface area contributed by atoms with Crippen molar-refractivity contribution >= 4 is 5.97 Å². The molecule has 0 aromatic carbocycles. The Bertz CT molecular complexity index is 171. The lowest BCUT2D eigenvalue weighted by Crippen LogP contribution is -2.44. The van der Waals surface area contributed by atoms with Gasteiger partial charge in [0.25, 0.3) is 0 Å². The van der Waals surface area contributed by atoms with Gasteiger partial charge in [-0.1, -0.05) is 33.1 Å². The van der Waals surface area contributed by atoms with Crippen molar-refractivity contribution in [3.8, 4) is 0 Å². The van der Waals surface area contributed by atoms with E-state index in [4.69, 9.17) is 5.11 Å². The first kappa shape index (κ1) is 13.4. The Balaban J connectivity index is 4.02. The van der Waals surface area contributed by atoms with Gasteiger partial charge in [-0.15, -0.1) is 0 Å². The Morgan fingerprint density at radius 2 is 2.00 bits per heavy atom. The zero-order valence-corrected chi connectivity index (χ0v) is 9.60. The molecule has 0 aliphatic rings. The van der Waals surface area contributed by atoms with Crippen LogP contribution in [0.4, 0.5) is 0 Å². The summed E-state index contributed by atoms with van der Waals surface area (Å²) < 4.78 is 0. The predicted molar refractivity (Wildman–Crippen MR) is 58.5 cm³/mol. The van der Waals surface area contributed by atoms with Crippen LogP contribution in [0.2, 0.25) is 0 Å². The molecule has 0 saturated carbocycles. The number of aliphatic carboxylic acids is 1. The van der Waals surface area contributed by atoms with E-state index in [1.165, 1.54) is 12.8 Å². The fourth-order valence-corrected chi connectivity index (χ4v) is 1.76. The molecule has 0 amide bonds. The van der Waals surface area contributed by atoms with Gasteiger partial charge in [0.05, 0.1) is 6.42 Å². The van der Waals surface area contributed by atoms with Gasteiger partial charge in [0.2, 0.25) is 0 Å². The van der Waals surface area contributed by atoms with Crippen LogP contribution in [0.25, 0.3) is 0 Å². The molecule has 1 unspecified atom stereocenters. The molecule has 0 fully saturated rings. The summed E-state index contributed by atoms with van der Waals surface area (Å²) in [6, 6.07) is 0. The summed E-state index contributed by atoms with van der Waals surface area (Å²) in [5, 5.41) is 12.1. The molecule has 0 saturated heterocycles. The highest BCUT2D eigenvalue weighted by Crippen LogP contribution is 2.18. The Labute approximate surface area is 86.9 Å². The van der Waals surface area contributed by atoms with Crippen molar-refractivity contribution in [2.24, 2.45) is 0 Å². The summed E-state index contributed by atoms with van der Waals surface area (Å²) in [7, 11) is 0. The van der Waals surface area contributed by atoms with Crippen LogP contribution in [0.15, 0.2) is 0 Å². The molecule has 14 heavy (non-hydrogen) atoms. The molecule has 84 valence electrons. The molecule has 0 radical (unpaired) electrons. The highest BCUT2D eigenvalue weighted by Gasteiger charge is 2.25. The first-order chi connectivity index (χ1) is 6.54. The van der Waals surface area contributed by atoms with E-state index in [9.17, 15) is 4.79 Å². The molecule has 0 aromatic rings. The summed E-state index contributed by atoms with van der Waals surface area (Å²) in [6.07, 6.45) is 4.62. The molecule has 3 heteroatoms. The molecule has 0 rings (SSSR count). The van der Waals surface area contributed by atoms with Crippen molar-refractivity contribution in [3.05, 3.63) is 0 Å². The zero-order valence-electron chi connectivity index (χ0n) is 9.60. The second-order valence-electron chi connectivity index (χ2n) is 4.12. The number of carboxylic acid groups (broad SMARTS) is 1. The average Bonchev–Trinajstić information content (AvgIpc) is 2.03. The van der Waals surface area contributed by atoms with Gasteiger partial charge in [0.15, 0.2) is 0 Å². The lowest BCUT2D eigenvalue weighted by molar-refractivity contribution is -0.138. The lowest BCUT2D eigenvalue weighted by atomic mass is 9.91. The molecule has 3 nitrogen and oxygen atoms in total. The maximum absolute atomic E-state index is 10.7. The summed E-state index contributed by atoms with van der Waals surface area (Å²) in [6.45, 7) is 7.00. The van der Waals surface area contributed by atoms with Gasteiger partial charge in [-0.2, -0.15) is 0 Å². The van der Waals surface area contributed by atoms with Crippen LogP contribution in [0.5, 0.6) is 0 Å². The monoisotopic (exact) mass is 201 g/mol. The SMILES string of the molecule is CCCCCC(C)(CC(=O)O)NCC. The minimum atomic E-state index is -0.718. The minimum Gasteiger partial charge on any atom is -0.481 e. The second-order valence-corrected chi connectivity index (χ2v) is 4.12. The number of carboxylic acids is 1. The van der Waals surface area contributed by atoms with Crippen molar-refractivity contribution < 1.29 is 9.90 Å². The Morgan fingerprint density at radius 3 is 2.43 bits per heavy atom. The maximum atomic E-state index is 10.7. The number of hydrogen-bond donors (Lipinski definition) is 2. The van der Waals surface area contributed by atoms with Crippen molar-refractivity contribution in [2.75, 3.05) is 6.54 Å². The van der Waals surface area contributed by atoms with Gasteiger partial charge < -0.3 is 10.4 Å². The molecule has 0 aromatic heterocycles. The summed E-state index contributed by atoms with van der Waals surface area (Å²) in [4.78, 5) is 10.7. The molecule has 0 aliphatic carbocycles. The largest absolute Gasteiger partial charge is 0.481 e. The lowest BCUT2D eigenvalue weighted by Gasteiger charge is -2.29. The molecule has 0 bridgehead atoms. The standard InChI is InChI=1S/C11H23NO2/c1-4-6-7-8-11(3,12-5-2)9-10(13)14/h12H,4-9H2,1-3H3,(H,13,14). The molecular weight excluding hydrogens is 178 g/mol. The highest BCUT2D eigenvalue weighted by atomic mass is 16.4. The van der Waals surface area contributed by atoms with Crippen LogP contribution < -0.4 is 5.32 Å². The molecule has 0 spiro atoms. The Hall–Kier alpha value is -0.570. The Kier molecular flexibility index (Phi) is 6.54. The van der Waals surface area contributed by atoms with E-state index in [-0.39, 0.29) is 12.0 Å². The highest BCUT2D eigenvalue weighted by molar-refractivity contribution is 5.68. The smallest absolute Gasteiger partial charge is 0.305 e. The van der Waals surface area contributed by atoms with E-state index in [1.54, 1.807) is 0 Å². The van der Waals surface area contributed by atoms with Crippen molar-refractivity contribution in [2.45, 2.75) is 58.4 Å². The minimum absolute atomic E-state index is 0.213. The summed E-state index contributed by atoms with van der Waals surface area (Å²) in [5.74, 6) is -0.718. The van der Waals surface area contributed by atoms with Gasteiger partial charge in [0, 0.05) is 5.54 Å². The number of carbonyl (C=O) groups is 1. The number of rotatable bonds is 8. The van der Waals surface area contributed by atoms with Gasteiger partial charge in [-0.3, -0.25) is 4.79 Å². The van der Waals surface area contributed by atoms with Gasteiger partial charge >= 0.3 is 5.97 Å². The zero-order chi connectivity index (χ0) is 11.0. The first-order valence-electron chi connectivity index (χ1n) is 5.51. The van der Waals surface area contributed by atoms with E-state index in [2.05, 4.69) is 12.2 Å². The van der Waals surface area contributed by atoms with Crippen LogP contribution in [-0.2, 0) is 4.79 Å². The van der Waals surface area contributed by atoms with E-state index in [0.29, 0.717) is 0 Å². The number of unbranched alkanes of at least 4 members (excludes halogenated alkanes) is 2. The van der Waals surface area contributed by atoms with Crippen LogP contribution in [0.1, 0.15) is 52.9 Å². The fourth-order valence-electron chi connectivity index (χ4n) is 1.76. The normalized spacial score (nSPS) is 15.1. The van der Waals surface area contributed by atoms with Gasteiger partial charge in [-0.25, -0.2) is 0 Å². The predicted octanol–water partition coefficient (Wildman–Crippen LogP) is 2.41. The third-order valence-electron chi connectivity index (χ3n) is 2.48. The second kappa shape index (κ2) is 6.82. The Morgan fingerprint density at radius 1 is 1.36 bits per heavy atom. The van der Waals surface area contributed by atoms with Crippen LogP contribution in [-0.4, -0.2) is 23.2 Å². The molecule has 1 atom stereocenters. The van der Waals surface area contributed by atoms with Crippen LogP contribution >= 0.6 is 0 Å². The van der Waals surface area contributed by atoms with E-state index < -0.39 is 5.97 Å². The summed E-state index contributed by atoms with van der Waals surface area (Å²) >= 11 is 0. The molecular formula is C11H23NO2.